The number of nitro groups is 1. The van der Waals surface area contributed by atoms with Crippen LogP contribution < -0.4 is 14.8 Å². The van der Waals surface area contributed by atoms with E-state index in [2.05, 4.69) is 10.0 Å². The van der Waals surface area contributed by atoms with Gasteiger partial charge in [0.05, 0.1) is 29.6 Å². The lowest BCUT2D eigenvalue weighted by Gasteiger charge is -2.11. The van der Waals surface area contributed by atoms with Crippen LogP contribution in [0.25, 0.3) is 0 Å². The van der Waals surface area contributed by atoms with Crippen molar-refractivity contribution in [1.29, 1.82) is 0 Å². The third-order valence-corrected chi connectivity index (χ3v) is 5.42. The fraction of sp³-hybridized carbons (Fsp3) is 0.316. The number of unbranched alkanes of at least 4 members (excludes halogenated alkanes) is 2. The molecule has 2 aromatic rings. The molecular weight excluding hydrogens is 414 g/mol. The van der Waals surface area contributed by atoms with Crippen molar-refractivity contribution < 1.29 is 27.6 Å². The molecule has 30 heavy (non-hydrogen) atoms. The first-order chi connectivity index (χ1) is 14.3. The number of ether oxygens (including phenoxy) is 2. The van der Waals surface area contributed by atoms with Crippen LogP contribution in [0.15, 0.2) is 47.4 Å². The van der Waals surface area contributed by atoms with E-state index in [1.807, 2.05) is 6.92 Å². The van der Waals surface area contributed by atoms with Gasteiger partial charge < -0.3 is 9.47 Å². The maximum atomic E-state index is 12.6. The number of carbonyl (C=O) groups excluding carboxylic acids is 1. The number of anilines is 2. The Bertz CT molecular complexity index is 992. The summed E-state index contributed by atoms with van der Waals surface area (Å²) in [4.78, 5) is 22.1. The van der Waals surface area contributed by atoms with Crippen LogP contribution in [0.1, 0.15) is 26.2 Å². The predicted molar refractivity (Wildman–Crippen MR) is 111 cm³/mol. The summed E-state index contributed by atoms with van der Waals surface area (Å²) in [7, 11) is -2.75. The molecule has 162 valence electrons. The second-order valence-corrected chi connectivity index (χ2v) is 7.92. The molecule has 0 atom stereocenters. The van der Waals surface area contributed by atoms with Crippen LogP contribution in [0.2, 0.25) is 0 Å². The van der Waals surface area contributed by atoms with Gasteiger partial charge in [-0.1, -0.05) is 19.8 Å². The Morgan fingerprint density at radius 2 is 1.83 bits per heavy atom. The molecule has 2 N–H and O–H groups in total. The Kier molecular flexibility index (Phi) is 7.98. The summed E-state index contributed by atoms with van der Waals surface area (Å²) in [6.45, 7) is 2.34. The molecule has 0 bridgehead atoms. The highest BCUT2D eigenvalue weighted by atomic mass is 32.2. The number of rotatable bonds is 10. The minimum atomic E-state index is -4.09. The van der Waals surface area contributed by atoms with Crippen LogP contribution in [0, 0.1) is 10.1 Å². The molecule has 0 aliphatic carbocycles. The zero-order chi connectivity index (χ0) is 22.1. The van der Waals surface area contributed by atoms with Crippen LogP contribution >= 0.6 is 0 Å². The normalized spacial score (nSPS) is 10.9. The van der Waals surface area contributed by atoms with Crippen molar-refractivity contribution in [3.05, 3.63) is 52.6 Å². The number of nitrogens with one attached hydrogen (secondary N) is 2. The van der Waals surface area contributed by atoms with Crippen LogP contribution in [0.5, 0.6) is 5.75 Å². The number of amides is 1. The van der Waals surface area contributed by atoms with E-state index in [0.29, 0.717) is 12.3 Å². The third kappa shape index (κ3) is 6.34. The van der Waals surface area contributed by atoms with Crippen LogP contribution in [0.4, 0.5) is 21.9 Å². The number of nitrogens with zero attached hydrogens (tertiary/aromatic N) is 1. The largest absolute Gasteiger partial charge is 0.496 e. The molecule has 0 spiro atoms. The topological polar surface area (TPSA) is 137 Å². The van der Waals surface area contributed by atoms with Crippen LogP contribution in [-0.2, 0) is 14.8 Å². The molecule has 0 fully saturated rings. The molecule has 0 saturated heterocycles. The second kappa shape index (κ2) is 10.4. The van der Waals surface area contributed by atoms with E-state index in [0.717, 1.165) is 25.3 Å². The van der Waals surface area contributed by atoms with Crippen molar-refractivity contribution in [3.8, 4) is 5.75 Å². The summed E-state index contributed by atoms with van der Waals surface area (Å²) < 4.78 is 37.3. The van der Waals surface area contributed by atoms with E-state index in [1.165, 1.54) is 43.5 Å². The Morgan fingerprint density at radius 3 is 2.43 bits per heavy atom. The molecule has 0 heterocycles. The van der Waals surface area contributed by atoms with Gasteiger partial charge in [0.2, 0.25) is 0 Å². The minimum Gasteiger partial charge on any atom is -0.496 e. The summed E-state index contributed by atoms with van der Waals surface area (Å²) in [5.74, 6) is 0.224. The number of sulfonamides is 1. The van der Waals surface area contributed by atoms with Gasteiger partial charge in [0.1, 0.15) is 11.4 Å². The Hall–Kier alpha value is -3.34. The highest BCUT2D eigenvalue weighted by Gasteiger charge is 2.22. The summed E-state index contributed by atoms with van der Waals surface area (Å²) in [5.41, 5.74) is -0.287. The lowest BCUT2D eigenvalue weighted by Crippen LogP contribution is -2.16. The van der Waals surface area contributed by atoms with Gasteiger partial charge in [0.25, 0.3) is 15.7 Å². The lowest BCUT2D eigenvalue weighted by molar-refractivity contribution is -0.384. The van der Waals surface area contributed by atoms with Crippen molar-refractivity contribution in [1.82, 2.24) is 0 Å². The summed E-state index contributed by atoms with van der Waals surface area (Å²) in [6, 6.07) is 9.10. The third-order valence-electron chi connectivity index (χ3n) is 4.04. The number of carbonyl (C=O) groups is 1. The molecule has 10 nitrogen and oxygen atoms in total. The fourth-order valence-corrected chi connectivity index (χ4v) is 3.54. The van der Waals surface area contributed by atoms with Gasteiger partial charge in [-0.3, -0.25) is 20.2 Å². The molecule has 0 unspecified atom stereocenters. The molecule has 2 rings (SSSR count). The molecule has 0 aliphatic heterocycles. The molecule has 11 heteroatoms. The van der Waals surface area contributed by atoms with Gasteiger partial charge in [-0.15, -0.1) is 0 Å². The maximum Gasteiger partial charge on any atom is 0.411 e. The number of nitro benzene ring substituents is 1. The average molecular weight is 437 g/mol. The van der Waals surface area contributed by atoms with Crippen molar-refractivity contribution >= 4 is 33.2 Å². The number of hydrogen-bond donors (Lipinski definition) is 2. The molecule has 0 saturated carbocycles. The van der Waals surface area contributed by atoms with Crippen molar-refractivity contribution in [2.75, 3.05) is 23.8 Å². The van der Waals surface area contributed by atoms with E-state index < -0.39 is 26.7 Å². The number of benzene rings is 2. The van der Waals surface area contributed by atoms with Gasteiger partial charge in [-0.2, -0.15) is 0 Å². The summed E-state index contributed by atoms with van der Waals surface area (Å²) >= 11 is 0. The smallest absolute Gasteiger partial charge is 0.411 e. The molecule has 2 aromatic carbocycles. The monoisotopic (exact) mass is 437 g/mol. The van der Waals surface area contributed by atoms with Gasteiger partial charge in [-0.25, -0.2) is 13.2 Å². The zero-order valence-electron chi connectivity index (χ0n) is 16.6. The molecule has 1 amide bonds. The van der Waals surface area contributed by atoms with Gasteiger partial charge in [-0.05, 0) is 42.8 Å². The molecular formula is C19H23N3O7S. The van der Waals surface area contributed by atoms with Gasteiger partial charge in [0.15, 0.2) is 0 Å². The van der Waals surface area contributed by atoms with E-state index in [4.69, 9.17) is 9.47 Å². The standard InChI is InChI=1S/C19H23N3O7S/c1-3-4-5-12-29-19(23)20-14-6-9-16(10-7-14)30(26,27)21-17-11-8-15(28-2)13-18(17)22(24)25/h6-11,13,21H,3-5,12H2,1-2H3,(H,20,23). The maximum absolute atomic E-state index is 12.6. The molecule has 0 aliphatic rings. The Morgan fingerprint density at radius 1 is 1.13 bits per heavy atom. The summed E-state index contributed by atoms with van der Waals surface area (Å²) in [5, 5.41) is 13.7. The number of hydrogen-bond acceptors (Lipinski definition) is 7. The van der Waals surface area contributed by atoms with E-state index in [1.54, 1.807) is 0 Å². The van der Waals surface area contributed by atoms with Crippen molar-refractivity contribution in [2.24, 2.45) is 0 Å². The second-order valence-electron chi connectivity index (χ2n) is 6.24. The van der Waals surface area contributed by atoms with E-state index in [-0.39, 0.29) is 16.3 Å². The lowest BCUT2D eigenvalue weighted by atomic mass is 10.2. The first-order valence-electron chi connectivity index (χ1n) is 9.16. The average Bonchev–Trinajstić information content (AvgIpc) is 2.71. The van der Waals surface area contributed by atoms with E-state index in [9.17, 15) is 23.3 Å². The zero-order valence-corrected chi connectivity index (χ0v) is 17.4. The van der Waals surface area contributed by atoms with Gasteiger partial charge in [0, 0.05) is 5.69 Å². The molecule has 0 aromatic heterocycles. The molecule has 0 radical (unpaired) electrons. The first kappa shape index (κ1) is 22.9. The number of methoxy groups -OCH3 is 1. The quantitative estimate of drug-likeness (QED) is 0.324. The van der Waals surface area contributed by atoms with Crippen LogP contribution in [-0.4, -0.2) is 33.2 Å². The van der Waals surface area contributed by atoms with Crippen LogP contribution in [0.3, 0.4) is 0 Å². The first-order valence-corrected chi connectivity index (χ1v) is 10.6. The van der Waals surface area contributed by atoms with Crippen molar-refractivity contribution in [2.45, 2.75) is 31.1 Å². The summed E-state index contributed by atoms with van der Waals surface area (Å²) in [6.07, 6.45) is 2.10. The SMILES string of the molecule is CCCCCOC(=O)Nc1ccc(S(=O)(=O)Nc2ccc(OC)cc2[N+](=O)[O-])cc1. The fourth-order valence-electron chi connectivity index (χ4n) is 2.47. The highest BCUT2D eigenvalue weighted by Crippen LogP contribution is 2.30. The predicted octanol–water partition coefficient (Wildman–Crippen LogP) is 4.14. The Labute approximate surface area is 174 Å². The minimum absolute atomic E-state index is 0.130. The Balaban J connectivity index is 2.09. The van der Waals surface area contributed by atoms with Crippen molar-refractivity contribution in [3.63, 3.8) is 0 Å². The van der Waals surface area contributed by atoms with E-state index >= 15 is 0 Å². The highest BCUT2D eigenvalue weighted by molar-refractivity contribution is 7.92. The van der Waals surface area contributed by atoms with Gasteiger partial charge >= 0.3 is 6.09 Å².